The Bertz CT molecular complexity index is 1980. The number of nitrogens with zero attached hydrogens (tertiary/aromatic N) is 3. The minimum atomic E-state index is -3.58. The number of aryl methyl sites for hydroxylation is 1. The van der Waals surface area contributed by atoms with Gasteiger partial charge in [-0.25, -0.2) is 17.5 Å². The number of benzene rings is 3. The van der Waals surface area contributed by atoms with Crippen LogP contribution in [0.3, 0.4) is 0 Å². The van der Waals surface area contributed by atoms with Gasteiger partial charge >= 0.3 is 0 Å². The van der Waals surface area contributed by atoms with Crippen molar-refractivity contribution in [3.8, 4) is 22.9 Å². The van der Waals surface area contributed by atoms with Crippen molar-refractivity contribution in [2.75, 3.05) is 29.8 Å². The molecule has 6 rings (SSSR count). The molecule has 3 N–H and O–H groups in total. The van der Waals surface area contributed by atoms with Crippen LogP contribution in [-0.2, 0) is 16.4 Å². The third-order valence-electron chi connectivity index (χ3n) is 8.55. The third kappa shape index (κ3) is 7.03. The van der Waals surface area contributed by atoms with Gasteiger partial charge in [-0.1, -0.05) is 12.1 Å². The van der Waals surface area contributed by atoms with Gasteiger partial charge < -0.3 is 20.1 Å². The predicted octanol–water partition coefficient (Wildman–Crippen LogP) is 6.14. The quantitative estimate of drug-likeness (QED) is 0.194. The molecular formula is C35H38FN5O5S. The monoisotopic (exact) mass is 659 g/mol. The number of ether oxygens (including phenoxy) is 2. The fraction of sp³-hybridized carbons (Fsp3) is 0.314. The fourth-order valence-corrected chi connectivity index (χ4v) is 6.58. The van der Waals surface area contributed by atoms with Gasteiger partial charge in [0.15, 0.2) is 17.3 Å². The number of ketones is 1. The van der Waals surface area contributed by atoms with Crippen molar-refractivity contribution < 1.29 is 27.1 Å². The van der Waals surface area contributed by atoms with Gasteiger partial charge in [0.25, 0.3) is 0 Å². The highest BCUT2D eigenvalue weighted by Gasteiger charge is 2.28. The number of aromatic nitrogens is 2. The number of hydrogen-bond donors (Lipinski definition) is 2. The van der Waals surface area contributed by atoms with Gasteiger partial charge in [-0.3, -0.25) is 9.52 Å². The lowest BCUT2D eigenvalue weighted by molar-refractivity contribution is 0.0848. The zero-order chi connectivity index (χ0) is 33.5. The smallest absolute Gasteiger partial charge is 0.229 e. The minimum Gasteiger partial charge on any atom is -0.488 e. The third-order valence-corrected chi connectivity index (χ3v) is 9.14. The maximum absolute atomic E-state index is 14.1. The molecule has 0 bridgehead atoms. The molecule has 0 atom stereocenters. The van der Waals surface area contributed by atoms with Gasteiger partial charge in [-0.05, 0) is 98.8 Å². The second-order valence-corrected chi connectivity index (χ2v) is 14.1. The molecule has 10 nitrogen and oxygen atoms in total. The molecule has 1 aliphatic heterocycles. The summed E-state index contributed by atoms with van der Waals surface area (Å²) in [6, 6.07) is 15.4. The van der Waals surface area contributed by atoms with E-state index in [1.54, 1.807) is 54.6 Å². The van der Waals surface area contributed by atoms with E-state index in [2.05, 4.69) is 28.6 Å². The molecule has 0 radical (unpaired) electrons. The van der Waals surface area contributed by atoms with E-state index in [-0.39, 0.29) is 29.0 Å². The summed E-state index contributed by atoms with van der Waals surface area (Å²) < 4.78 is 54.7. The van der Waals surface area contributed by atoms with Crippen LogP contribution in [-0.4, -0.2) is 60.4 Å². The Labute approximate surface area is 274 Å². The largest absolute Gasteiger partial charge is 0.488 e. The number of Topliss-reactive ketones (excluding diaryl/α,β-unsaturated/α-hetero) is 1. The highest BCUT2D eigenvalue weighted by molar-refractivity contribution is 7.92. The zero-order valence-corrected chi connectivity index (χ0v) is 27.6. The van der Waals surface area contributed by atoms with Crippen molar-refractivity contribution in [1.29, 1.82) is 0 Å². The van der Waals surface area contributed by atoms with E-state index < -0.39 is 15.8 Å². The number of allylic oxidation sites excluding steroid dienone is 1. The molecule has 0 unspecified atom stereocenters. The van der Waals surface area contributed by atoms with Gasteiger partial charge in [-0.2, -0.15) is 5.10 Å². The zero-order valence-electron chi connectivity index (χ0n) is 26.8. The summed E-state index contributed by atoms with van der Waals surface area (Å²) in [6.45, 7) is 7.97. The first-order valence-corrected chi connectivity index (χ1v) is 17.4. The molecule has 2 aliphatic rings. The summed E-state index contributed by atoms with van der Waals surface area (Å²) in [4.78, 5) is 16.1. The Balaban J connectivity index is 1.22. The van der Waals surface area contributed by atoms with Crippen molar-refractivity contribution in [3.05, 3.63) is 94.4 Å². The Kier molecular flexibility index (Phi) is 8.82. The number of anilines is 2. The Morgan fingerprint density at radius 3 is 2.49 bits per heavy atom. The average Bonchev–Trinajstić information content (AvgIpc) is 3.61. The predicted molar refractivity (Wildman–Crippen MR) is 180 cm³/mol. The maximum atomic E-state index is 14.1. The minimum absolute atomic E-state index is 0.0518. The topological polar surface area (TPSA) is 129 Å². The number of sulfonamides is 1. The number of halogens is 1. The summed E-state index contributed by atoms with van der Waals surface area (Å²) in [7, 11) is -3.58. The van der Waals surface area contributed by atoms with Gasteiger partial charge in [0.05, 0.1) is 29.4 Å². The molecule has 47 heavy (non-hydrogen) atoms. The number of carbonyl (C=O) groups excluding carboxylic acids is 1. The summed E-state index contributed by atoms with van der Waals surface area (Å²) in [5.41, 5.74) is 10.5. The van der Waals surface area contributed by atoms with Crippen LogP contribution in [0, 0.1) is 12.7 Å². The molecule has 12 heteroatoms. The molecule has 1 fully saturated rings. The lowest BCUT2D eigenvalue weighted by Crippen LogP contribution is -2.41. The summed E-state index contributed by atoms with van der Waals surface area (Å²) in [6.07, 6.45) is 6.24. The van der Waals surface area contributed by atoms with Crippen LogP contribution in [0.25, 0.3) is 11.8 Å². The molecule has 1 aromatic heterocycles. The number of nitrogen functional groups attached to an aromatic ring is 1. The summed E-state index contributed by atoms with van der Waals surface area (Å²) in [5, 5.41) is 4.39. The van der Waals surface area contributed by atoms with Gasteiger partial charge in [-0.15, -0.1) is 0 Å². The Hall–Kier alpha value is -4.68. The van der Waals surface area contributed by atoms with Crippen molar-refractivity contribution in [2.45, 2.75) is 52.2 Å². The molecule has 4 aromatic rings. The van der Waals surface area contributed by atoms with Crippen LogP contribution in [0.1, 0.15) is 53.7 Å². The summed E-state index contributed by atoms with van der Waals surface area (Å²) in [5.74, 6) is 0.460. The molecule has 246 valence electrons. The van der Waals surface area contributed by atoms with Crippen LogP contribution in [0.15, 0.2) is 66.4 Å². The molecule has 0 spiro atoms. The van der Waals surface area contributed by atoms with Crippen LogP contribution in [0.5, 0.6) is 17.2 Å². The van der Waals surface area contributed by atoms with E-state index in [4.69, 9.17) is 15.2 Å². The van der Waals surface area contributed by atoms with Crippen LogP contribution in [0.4, 0.5) is 15.9 Å². The number of para-hydroxylation sites is 1. The highest BCUT2D eigenvalue weighted by atomic mass is 32.2. The molecule has 1 aliphatic carbocycles. The average molecular weight is 660 g/mol. The van der Waals surface area contributed by atoms with E-state index in [0.717, 1.165) is 48.9 Å². The molecule has 0 saturated carbocycles. The van der Waals surface area contributed by atoms with Crippen LogP contribution in [0.2, 0.25) is 0 Å². The van der Waals surface area contributed by atoms with Crippen molar-refractivity contribution >= 4 is 33.4 Å². The second kappa shape index (κ2) is 12.8. The highest BCUT2D eigenvalue weighted by Crippen LogP contribution is 2.38. The molecule has 0 amide bonds. The summed E-state index contributed by atoms with van der Waals surface area (Å²) >= 11 is 0. The van der Waals surface area contributed by atoms with Crippen LogP contribution < -0.4 is 19.9 Å². The first-order valence-electron chi connectivity index (χ1n) is 15.5. The van der Waals surface area contributed by atoms with Crippen LogP contribution >= 0.6 is 0 Å². The first kappa shape index (κ1) is 32.3. The lowest BCUT2D eigenvalue weighted by atomic mass is 10.0. The van der Waals surface area contributed by atoms with E-state index in [0.29, 0.717) is 40.9 Å². The van der Waals surface area contributed by atoms with Crippen molar-refractivity contribution in [3.63, 3.8) is 0 Å². The van der Waals surface area contributed by atoms with E-state index >= 15 is 0 Å². The molecule has 2 heterocycles. The Morgan fingerprint density at radius 1 is 1.06 bits per heavy atom. The van der Waals surface area contributed by atoms with Gasteiger partial charge in [0, 0.05) is 31.1 Å². The Morgan fingerprint density at radius 2 is 1.81 bits per heavy atom. The molecule has 1 saturated heterocycles. The number of rotatable bonds is 10. The fourth-order valence-electron chi connectivity index (χ4n) is 6.02. The van der Waals surface area contributed by atoms with Crippen molar-refractivity contribution in [1.82, 2.24) is 14.7 Å². The number of hydrogen-bond acceptors (Lipinski definition) is 8. The van der Waals surface area contributed by atoms with E-state index in [1.807, 2.05) is 6.92 Å². The SMILES string of the molecule is Cc1cc(-n2ncc(C(=O)C3=Cc4cc(OC5CCN(C(C)C)CC5)c(NS(C)(=O)=O)cc4C3)c2N)ccc1Oc1ccccc1F. The first-order chi connectivity index (χ1) is 22.4. The number of fused-ring (bicyclic) bond motifs is 1. The van der Waals surface area contributed by atoms with E-state index in [1.165, 1.54) is 16.9 Å². The number of piperidine rings is 1. The second-order valence-electron chi connectivity index (χ2n) is 12.4. The standard InChI is InChI=1S/C35H38FN5O5S/c1-21(2)40-13-11-27(12-14-40)45-33-19-24-17-25(16-23(24)18-30(33)39-47(4,43)44)34(42)28-20-38-41(35(28)37)26-9-10-31(22(3)15-26)46-32-8-6-5-7-29(32)36/h5-10,15,17-21,27,39H,11-14,16,37H2,1-4H3. The molecular weight excluding hydrogens is 621 g/mol. The lowest BCUT2D eigenvalue weighted by Gasteiger charge is -2.35. The van der Waals surface area contributed by atoms with Gasteiger partial charge in [0.2, 0.25) is 10.0 Å². The van der Waals surface area contributed by atoms with E-state index in [9.17, 15) is 17.6 Å². The molecule has 3 aromatic carbocycles. The normalized spacial score (nSPS) is 15.4. The number of likely N-dealkylation sites (tertiary alicyclic amines) is 1. The number of nitrogens with one attached hydrogen (secondary N) is 1. The maximum Gasteiger partial charge on any atom is 0.229 e. The van der Waals surface area contributed by atoms with Gasteiger partial charge in [0.1, 0.15) is 23.4 Å². The number of carbonyl (C=O) groups is 1. The van der Waals surface area contributed by atoms with Crippen molar-refractivity contribution in [2.24, 2.45) is 0 Å². The number of nitrogens with two attached hydrogens (primary N) is 1.